The Kier molecular flexibility index (Phi) is 5.02. The van der Waals surface area contributed by atoms with Gasteiger partial charge in [0.05, 0.1) is 5.75 Å². The van der Waals surface area contributed by atoms with E-state index >= 15 is 0 Å². The molecule has 0 aromatic rings. The van der Waals surface area contributed by atoms with Crippen LogP contribution in [0, 0.1) is 0 Å². The SMILES string of the molecule is CCCCN(C1CC1)S(=O)(=O)CCCO. The minimum absolute atomic E-state index is 0.0501. The number of hydrogen-bond acceptors (Lipinski definition) is 3. The molecule has 1 N–H and O–H groups in total. The van der Waals surface area contributed by atoms with Gasteiger partial charge >= 0.3 is 0 Å². The molecule has 1 fully saturated rings. The average Bonchev–Trinajstić information content (AvgIpc) is 2.99. The van der Waals surface area contributed by atoms with E-state index in [0.717, 1.165) is 25.7 Å². The van der Waals surface area contributed by atoms with Gasteiger partial charge in [-0.1, -0.05) is 13.3 Å². The van der Waals surface area contributed by atoms with Crippen molar-refractivity contribution in [3.63, 3.8) is 0 Å². The molecule has 90 valence electrons. The van der Waals surface area contributed by atoms with E-state index in [2.05, 4.69) is 6.92 Å². The van der Waals surface area contributed by atoms with Gasteiger partial charge in [-0.05, 0) is 25.7 Å². The van der Waals surface area contributed by atoms with Crippen molar-refractivity contribution in [1.82, 2.24) is 4.31 Å². The topological polar surface area (TPSA) is 57.6 Å². The first-order valence-electron chi connectivity index (χ1n) is 5.72. The molecule has 0 atom stereocenters. The molecular formula is C10H21NO3S. The number of aliphatic hydroxyl groups excluding tert-OH is 1. The third-order valence-electron chi connectivity index (χ3n) is 2.60. The van der Waals surface area contributed by atoms with Gasteiger partial charge in [-0.3, -0.25) is 0 Å². The van der Waals surface area contributed by atoms with Crippen LogP contribution in [0.15, 0.2) is 0 Å². The summed E-state index contributed by atoms with van der Waals surface area (Å²) in [4.78, 5) is 0. The van der Waals surface area contributed by atoms with Gasteiger partial charge in [0.15, 0.2) is 0 Å². The van der Waals surface area contributed by atoms with Crippen molar-refractivity contribution in [2.24, 2.45) is 0 Å². The van der Waals surface area contributed by atoms with Crippen LogP contribution in [-0.2, 0) is 10.0 Å². The summed E-state index contributed by atoms with van der Waals surface area (Å²) in [6.45, 7) is 2.66. The summed E-state index contributed by atoms with van der Waals surface area (Å²) in [7, 11) is -3.12. The van der Waals surface area contributed by atoms with E-state index in [9.17, 15) is 8.42 Å². The Bertz CT molecular complexity index is 272. The zero-order valence-electron chi connectivity index (χ0n) is 9.35. The Hall–Kier alpha value is -0.130. The van der Waals surface area contributed by atoms with Gasteiger partial charge in [0, 0.05) is 19.2 Å². The maximum atomic E-state index is 11.9. The van der Waals surface area contributed by atoms with Crippen LogP contribution >= 0.6 is 0 Å². The quantitative estimate of drug-likeness (QED) is 0.682. The van der Waals surface area contributed by atoms with Crippen LogP contribution in [-0.4, -0.2) is 42.8 Å². The Morgan fingerprint density at radius 3 is 2.47 bits per heavy atom. The molecule has 1 saturated carbocycles. The molecule has 0 aliphatic heterocycles. The molecule has 0 aromatic heterocycles. The second-order valence-corrected chi connectivity index (χ2v) is 6.13. The molecule has 1 rings (SSSR count). The van der Waals surface area contributed by atoms with Crippen LogP contribution in [0.1, 0.15) is 39.0 Å². The van der Waals surface area contributed by atoms with Crippen molar-refractivity contribution < 1.29 is 13.5 Å². The van der Waals surface area contributed by atoms with E-state index in [-0.39, 0.29) is 18.4 Å². The van der Waals surface area contributed by atoms with E-state index in [4.69, 9.17) is 5.11 Å². The van der Waals surface area contributed by atoms with Crippen molar-refractivity contribution in [3.8, 4) is 0 Å². The van der Waals surface area contributed by atoms with Gasteiger partial charge in [-0.15, -0.1) is 0 Å². The summed E-state index contributed by atoms with van der Waals surface area (Å²) in [5.74, 6) is 0.0870. The fourth-order valence-corrected chi connectivity index (χ4v) is 3.39. The maximum Gasteiger partial charge on any atom is 0.214 e. The smallest absolute Gasteiger partial charge is 0.214 e. The average molecular weight is 235 g/mol. The van der Waals surface area contributed by atoms with Gasteiger partial charge in [-0.2, -0.15) is 4.31 Å². The van der Waals surface area contributed by atoms with Crippen LogP contribution in [0.25, 0.3) is 0 Å². The van der Waals surface area contributed by atoms with E-state index in [0.29, 0.717) is 13.0 Å². The Labute approximate surface area is 92.3 Å². The summed E-state index contributed by atoms with van der Waals surface area (Å²) in [6.07, 6.45) is 4.29. The second kappa shape index (κ2) is 5.82. The Balaban J connectivity index is 2.52. The highest BCUT2D eigenvalue weighted by molar-refractivity contribution is 7.89. The molecular weight excluding hydrogens is 214 g/mol. The van der Waals surface area contributed by atoms with Crippen molar-refractivity contribution in [3.05, 3.63) is 0 Å². The summed E-state index contributed by atoms with van der Waals surface area (Å²) < 4.78 is 25.4. The third-order valence-corrected chi connectivity index (χ3v) is 4.60. The lowest BCUT2D eigenvalue weighted by Gasteiger charge is -2.21. The minimum atomic E-state index is -3.12. The number of sulfonamides is 1. The van der Waals surface area contributed by atoms with E-state index in [1.807, 2.05) is 0 Å². The van der Waals surface area contributed by atoms with E-state index in [1.54, 1.807) is 4.31 Å². The fraction of sp³-hybridized carbons (Fsp3) is 1.00. The Morgan fingerprint density at radius 2 is 2.00 bits per heavy atom. The lowest BCUT2D eigenvalue weighted by molar-refractivity contribution is 0.293. The molecule has 0 heterocycles. The summed E-state index contributed by atoms with van der Waals surface area (Å²) in [5.41, 5.74) is 0. The molecule has 0 radical (unpaired) electrons. The first-order chi connectivity index (χ1) is 7.11. The highest BCUT2D eigenvalue weighted by Crippen LogP contribution is 2.29. The first kappa shape index (κ1) is 12.9. The van der Waals surface area contributed by atoms with Crippen LogP contribution in [0.5, 0.6) is 0 Å². The van der Waals surface area contributed by atoms with Crippen LogP contribution in [0.3, 0.4) is 0 Å². The molecule has 0 spiro atoms. The molecule has 0 bridgehead atoms. The molecule has 4 nitrogen and oxygen atoms in total. The van der Waals surface area contributed by atoms with Crippen molar-refractivity contribution >= 4 is 10.0 Å². The molecule has 1 aliphatic carbocycles. The van der Waals surface area contributed by atoms with Crippen LogP contribution in [0.4, 0.5) is 0 Å². The summed E-state index contributed by atoms with van der Waals surface area (Å²) in [5, 5.41) is 8.66. The first-order valence-corrected chi connectivity index (χ1v) is 7.33. The molecule has 0 unspecified atom stereocenters. The van der Waals surface area contributed by atoms with Crippen LogP contribution in [0.2, 0.25) is 0 Å². The van der Waals surface area contributed by atoms with Gasteiger partial charge in [0.25, 0.3) is 0 Å². The predicted molar refractivity (Wildman–Crippen MR) is 60.1 cm³/mol. The molecule has 15 heavy (non-hydrogen) atoms. The van der Waals surface area contributed by atoms with Crippen molar-refractivity contribution in [2.45, 2.75) is 45.1 Å². The minimum Gasteiger partial charge on any atom is -0.396 e. The molecule has 1 aliphatic rings. The zero-order valence-corrected chi connectivity index (χ0v) is 10.2. The Morgan fingerprint density at radius 1 is 1.33 bits per heavy atom. The van der Waals surface area contributed by atoms with Crippen molar-refractivity contribution in [1.29, 1.82) is 0 Å². The number of nitrogens with zero attached hydrogens (tertiary/aromatic N) is 1. The number of unbranched alkanes of at least 4 members (excludes halogenated alkanes) is 1. The zero-order chi connectivity index (χ0) is 11.3. The number of hydrogen-bond donors (Lipinski definition) is 1. The van der Waals surface area contributed by atoms with Crippen LogP contribution < -0.4 is 0 Å². The van der Waals surface area contributed by atoms with Gasteiger partial charge < -0.3 is 5.11 Å². The molecule has 0 saturated heterocycles. The largest absolute Gasteiger partial charge is 0.396 e. The van der Waals surface area contributed by atoms with Gasteiger partial charge in [0.1, 0.15) is 0 Å². The maximum absolute atomic E-state index is 11.9. The monoisotopic (exact) mass is 235 g/mol. The highest BCUT2D eigenvalue weighted by Gasteiger charge is 2.35. The molecule has 0 aromatic carbocycles. The van der Waals surface area contributed by atoms with Crippen molar-refractivity contribution in [2.75, 3.05) is 18.9 Å². The number of rotatable bonds is 8. The summed E-state index contributed by atoms with van der Waals surface area (Å²) >= 11 is 0. The summed E-state index contributed by atoms with van der Waals surface area (Å²) in [6, 6.07) is 0.250. The lowest BCUT2D eigenvalue weighted by Crippen LogP contribution is -2.36. The van der Waals surface area contributed by atoms with E-state index in [1.165, 1.54) is 0 Å². The fourth-order valence-electron chi connectivity index (χ4n) is 1.59. The van der Waals surface area contributed by atoms with Gasteiger partial charge in [0.2, 0.25) is 10.0 Å². The molecule has 0 amide bonds. The van der Waals surface area contributed by atoms with E-state index < -0.39 is 10.0 Å². The van der Waals surface area contributed by atoms with Gasteiger partial charge in [-0.25, -0.2) is 8.42 Å². The standard InChI is InChI=1S/C10H21NO3S/c1-2-3-7-11(10-5-6-10)15(13,14)9-4-8-12/h10,12H,2-9H2,1H3. The lowest BCUT2D eigenvalue weighted by atomic mass is 10.3. The second-order valence-electron chi connectivity index (χ2n) is 4.09. The predicted octanol–water partition coefficient (Wildman–Crippen LogP) is 0.963. The molecule has 5 heteroatoms. The third kappa shape index (κ3) is 4.09. The highest BCUT2D eigenvalue weighted by atomic mass is 32.2. The normalized spacial score (nSPS) is 17.3. The number of aliphatic hydroxyl groups is 1.